The molecule has 4 rings (SSSR count). The molecule has 0 aliphatic heterocycles. The third-order valence-electron chi connectivity index (χ3n) is 6.29. The van der Waals surface area contributed by atoms with Gasteiger partial charge in [0, 0.05) is 13.0 Å². The van der Waals surface area contributed by atoms with Crippen molar-refractivity contribution in [3.63, 3.8) is 0 Å². The third-order valence-corrected chi connectivity index (χ3v) is 6.29. The Morgan fingerprint density at radius 2 is 1.82 bits per heavy atom. The van der Waals surface area contributed by atoms with Gasteiger partial charge in [-0.15, -0.1) is 5.10 Å². The molecule has 0 aliphatic rings. The van der Waals surface area contributed by atoms with E-state index >= 15 is 0 Å². The number of carboxylic acids is 1. The van der Waals surface area contributed by atoms with Crippen LogP contribution in [0.15, 0.2) is 54.6 Å². The van der Waals surface area contributed by atoms with Crippen molar-refractivity contribution in [1.82, 2.24) is 15.0 Å². The molecule has 1 heterocycles. The fourth-order valence-electron chi connectivity index (χ4n) is 4.27. The van der Waals surface area contributed by atoms with Crippen LogP contribution in [-0.4, -0.2) is 33.2 Å². The maximum Gasteiger partial charge on any atom is 0.304 e. The van der Waals surface area contributed by atoms with E-state index in [9.17, 15) is 9.90 Å². The number of benzene rings is 3. The summed E-state index contributed by atoms with van der Waals surface area (Å²) in [5.74, 6) is -0.335. The molecule has 0 spiro atoms. The third kappa shape index (κ3) is 4.94. The van der Waals surface area contributed by atoms with Crippen molar-refractivity contribution in [3.05, 3.63) is 88.0 Å². The first-order chi connectivity index (χ1) is 16.4. The Labute approximate surface area is 198 Å². The van der Waals surface area contributed by atoms with Crippen LogP contribution >= 0.6 is 0 Å². The number of hydrogen-bond acceptors (Lipinski definition) is 5. The van der Waals surface area contributed by atoms with Crippen LogP contribution in [-0.2, 0) is 29.8 Å². The summed E-state index contributed by atoms with van der Waals surface area (Å²) in [6.45, 7) is 4.94. The van der Waals surface area contributed by atoms with E-state index in [0.717, 1.165) is 50.2 Å². The van der Waals surface area contributed by atoms with Crippen molar-refractivity contribution in [3.8, 4) is 5.75 Å². The molecule has 34 heavy (non-hydrogen) atoms. The zero-order valence-corrected chi connectivity index (χ0v) is 19.9. The van der Waals surface area contributed by atoms with Gasteiger partial charge in [0.25, 0.3) is 0 Å². The molecule has 0 fully saturated rings. The predicted molar refractivity (Wildman–Crippen MR) is 130 cm³/mol. The maximum absolute atomic E-state index is 11.8. The molecule has 4 aromatic rings. The van der Waals surface area contributed by atoms with Gasteiger partial charge >= 0.3 is 5.97 Å². The Morgan fingerprint density at radius 3 is 2.53 bits per heavy atom. The van der Waals surface area contributed by atoms with Gasteiger partial charge in [-0.05, 0) is 65.4 Å². The molecule has 1 atom stereocenters. The SMILES string of the molecule is COc1ccc(COCc2cc(C(CC(=O)O)c3ccc4c(nnn4C)c3C)ccc2C)cc1. The highest BCUT2D eigenvalue weighted by Crippen LogP contribution is 2.34. The van der Waals surface area contributed by atoms with Crippen LogP contribution in [0.3, 0.4) is 0 Å². The van der Waals surface area contributed by atoms with Crippen molar-refractivity contribution in [1.29, 1.82) is 0 Å². The van der Waals surface area contributed by atoms with Crippen LogP contribution in [0.1, 0.15) is 45.7 Å². The number of ether oxygens (including phenoxy) is 2. The molecule has 0 saturated carbocycles. The molecule has 0 saturated heterocycles. The molecule has 7 nitrogen and oxygen atoms in total. The number of aliphatic carboxylic acids is 1. The number of methoxy groups -OCH3 is 1. The molecular formula is C27H29N3O4. The van der Waals surface area contributed by atoms with Gasteiger partial charge in [0.2, 0.25) is 0 Å². The minimum atomic E-state index is -0.846. The Hall–Kier alpha value is -3.71. The molecule has 0 radical (unpaired) electrons. The molecule has 1 unspecified atom stereocenters. The number of carboxylic acid groups (broad SMARTS) is 1. The van der Waals surface area contributed by atoms with Gasteiger partial charge in [-0.1, -0.05) is 41.6 Å². The summed E-state index contributed by atoms with van der Waals surface area (Å²) < 4.78 is 12.9. The van der Waals surface area contributed by atoms with Crippen LogP contribution < -0.4 is 4.74 Å². The highest BCUT2D eigenvalue weighted by atomic mass is 16.5. The molecule has 176 valence electrons. The van der Waals surface area contributed by atoms with Gasteiger partial charge in [-0.2, -0.15) is 0 Å². The molecule has 1 N–H and O–H groups in total. The lowest BCUT2D eigenvalue weighted by atomic mass is 9.84. The summed E-state index contributed by atoms with van der Waals surface area (Å²) >= 11 is 0. The van der Waals surface area contributed by atoms with Crippen LogP contribution in [0.2, 0.25) is 0 Å². The zero-order valence-electron chi connectivity index (χ0n) is 19.9. The topological polar surface area (TPSA) is 86.5 Å². The number of nitrogens with zero attached hydrogens (tertiary/aromatic N) is 3. The van der Waals surface area contributed by atoms with Crippen molar-refractivity contribution in [2.45, 2.75) is 39.4 Å². The Balaban J connectivity index is 1.59. The Morgan fingerprint density at radius 1 is 1.06 bits per heavy atom. The van der Waals surface area contributed by atoms with Crippen LogP contribution in [0.4, 0.5) is 0 Å². The van der Waals surface area contributed by atoms with Crippen molar-refractivity contribution >= 4 is 17.0 Å². The normalized spacial score (nSPS) is 12.1. The number of aromatic nitrogens is 3. The van der Waals surface area contributed by atoms with E-state index in [-0.39, 0.29) is 12.3 Å². The van der Waals surface area contributed by atoms with E-state index in [1.54, 1.807) is 11.8 Å². The minimum absolute atomic E-state index is 0.0121. The number of rotatable bonds is 9. The fourth-order valence-corrected chi connectivity index (χ4v) is 4.27. The molecule has 7 heteroatoms. The lowest BCUT2D eigenvalue weighted by Crippen LogP contribution is -2.11. The lowest BCUT2D eigenvalue weighted by molar-refractivity contribution is -0.137. The molecule has 1 aromatic heterocycles. The predicted octanol–water partition coefficient (Wildman–Crippen LogP) is 4.92. The van der Waals surface area contributed by atoms with Crippen LogP contribution in [0.25, 0.3) is 11.0 Å². The van der Waals surface area contributed by atoms with Crippen molar-refractivity contribution in [2.75, 3.05) is 7.11 Å². The second-order valence-electron chi connectivity index (χ2n) is 8.54. The fraction of sp³-hybridized carbons (Fsp3) is 0.296. The molecular weight excluding hydrogens is 430 g/mol. The standard InChI is InChI=1S/C27H29N3O4/c1-17-5-8-20(13-21(17)16-34-15-19-6-9-22(33-4)10-7-19)24(14-26(31)32)23-11-12-25-27(18(23)2)28-29-30(25)3/h5-13,24H,14-16H2,1-4H3,(H,31,32). The lowest BCUT2D eigenvalue weighted by Gasteiger charge is -2.20. The average Bonchev–Trinajstić information content (AvgIpc) is 3.21. The van der Waals surface area contributed by atoms with E-state index in [2.05, 4.69) is 16.4 Å². The van der Waals surface area contributed by atoms with Gasteiger partial charge < -0.3 is 14.6 Å². The number of fused-ring (bicyclic) bond motifs is 1. The first kappa shape index (κ1) is 23.4. The first-order valence-electron chi connectivity index (χ1n) is 11.2. The number of carbonyl (C=O) groups is 1. The van der Waals surface area contributed by atoms with E-state index in [1.165, 1.54) is 0 Å². The van der Waals surface area contributed by atoms with Gasteiger partial charge in [-0.25, -0.2) is 4.68 Å². The van der Waals surface area contributed by atoms with E-state index in [0.29, 0.717) is 13.2 Å². The summed E-state index contributed by atoms with van der Waals surface area (Å²) in [6, 6.07) is 17.9. The summed E-state index contributed by atoms with van der Waals surface area (Å²) in [5.41, 5.74) is 7.78. The van der Waals surface area contributed by atoms with E-state index in [4.69, 9.17) is 9.47 Å². The number of hydrogen-bond donors (Lipinski definition) is 1. The first-order valence-corrected chi connectivity index (χ1v) is 11.2. The van der Waals surface area contributed by atoms with Gasteiger partial charge in [0.15, 0.2) is 0 Å². The van der Waals surface area contributed by atoms with E-state index in [1.807, 2.05) is 69.4 Å². The van der Waals surface area contributed by atoms with Gasteiger partial charge in [0.05, 0.1) is 32.3 Å². The quantitative estimate of drug-likeness (QED) is 0.382. The van der Waals surface area contributed by atoms with Crippen molar-refractivity contribution in [2.24, 2.45) is 7.05 Å². The zero-order chi connectivity index (χ0) is 24.2. The molecule has 0 bridgehead atoms. The minimum Gasteiger partial charge on any atom is -0.497 e. The van der Waals surface area contributed by atoms with Crippen LogP contribution in [0, 0.1) is 13.8 Å². The monoisotopic (exact) mass is 459 g/mol. The average molecular weight is 460 g/mol. The summed E-state index contributed by atoms with van der Waals surface area (Å²) in [4.78, 5) is 11.8. The molecule has 0 aliphatic carbocycles. The van der Waals surface area contributed by atoms with Crippen molar-refractivity contribution < 1.29 is 19.4 Å². The summed E-state index contributed by atoms with van der Waals surface area (Å²) in [5, 5.41) is 18.1. The Bertz CT molecular complexity index is 1310. The van der Waals surface area contributed by atoms with Gasteiger partial charge in [-0.3, -0.25) is 4.79 Å². The largest absolute Gasteiger partial charge is 0.497 e. The summed E-state index contributed by atoms with van der Waals surface area (Å²) in [7, 11) is 3.49. The molecule has 0 amide bonds. The Kier molecular flexibility index (Phi) is 6.93. The molecule has 3 aromatic carbocycles. The van der Waals surface area contributed by atoms with E-state index < -0.39 is 5.97 Å². The van der Waals surface area contributed by atoms with Gasteiger partial charge in [0.1, 0.15) is 11.3 Å². The maximum atomic E-state index is 11.8. The smallest absolute Gasteiger partial charge is 0.304 e. The number of aryl methyl sites for hydroxylation is 3. The highest BCUT2D eigenvalue weighted by molar-refractivity contribution is 5.80. The second-order valence-corrected chi connectivity index (χ2v) is 8.54. The highest BCUT2D eigenvalue weighted by Gasteiger charge is 2.22. The van der Waals surface area contributed by atoms with Crippen LogP contribution in [0.5, 0.6) is 5.75 Å². The second kappa shape index (κ2) is 10.1. The summed E-state index contributed by atoms with van der Waals surface area (Å²) in [6.07, 6.45) is -0.0121.